The van der Waals surface area contributed by atoms with Crippen molar-refractivity contribution in [3.05, 3.63) is 46.6 Å². The maximum Gasteiger partial charge on any atom is 0.0872 e. The van der Waals surface area contributed by atoms with E-state index >= 15 is 0 Å². The third kappa shape index (κ3) is 6.09. The molecule has 4 bridgehead atoms. The molecule has 0 radical (unpaired) electrons. The van der Waals surface area contributed by atoms with Crippen LogP contribution in [0.2, 0.25) is 0 Å². The molecule has 4 nitrogen and oxygen atoms in total. The first kappa shape index (κ1) is 29.0. The van der Waals surface area contributed by atoms with Crippen molar-refractivity contribution in [1.29, 1.82) is 0 Å². The van der Waals surface area contributed by atoms with E-state index in [4.69, 9.17) is 4.99 Å². The zero-order valence-corrected chi connectivity index (χ0v) is 25.6. The standard InChI is InChI=1S/C35H54N2O2/c1-22-10-26(32(39)30(11-22)35-17-23-12-24(18-35)14-25(13-23)19-35)20-36-8-9-37-21-27-15-28(33(2,3)4)16-29(31(27)38)34(5,6)7/h10-11,15-16,20,23-25,27,30-32,37-39H,8-9,12-14,17-19,21H2,1-7H3. The van der Waals surface area contributed by atoms with E-state index in [2.05, 4.69) is 78.1 Å². The summed E-state index contributed by atoms with van der Waals surface area (Å²) in [4.78, 5) is 4.74. The van der Waals surface area contributed by atoms with Crippen molar-refractivity contribution in [2.24, 2.45) is 50.8 Å². The van der Waals surface area contributed by atoms with Crippen LogP contribution in [0.4, 0.5) is 0 Å². The summed E-state index contributed by atoms with van der Waals surface area (Å²) < 4.78 is 0. The SMILES string of the molecule is CC1=CC(C23CC4CC(CC(C4)C2)C3)C(O)C(C=NCCNCC2C=C(C(C)(C)C)C=C(C(C)(C)C)C2O)=C1. The minimum atomic E-state index is -0.467. The van der Waals surface area contributed by atoms with Crippen LogP contribution in [0.15, 0.2) is 51.6 Å². The third-order valence-electron chi connectivity index (χ3n) is 10.5. The van der Waals surface area contributed by atoms with Gasteiger partial charge in [-0.15, -0.1) is 0 Å². The lowest BCUT2D eigenvalue weighted by molar-refractivity contribution is -0.0965. The summed E-state index contributed by atoms with van der Waals surface area (Å²) in [6.45, 7) is 17.6. The molecule has 3 N–H and O–H groups in total. The first-order valence-electron chi connectivity index (χ1n) is 15.7. The molecule has 0 aromatic heterocycles. The average Bonchev–Trinajstić information content (AvgIpc) is 2.81. The molecule has 0 aromatic rings. The highest BCUT2D eigenvalue weighted by atomic mass is 16.3. The Kier molecular flexibility index (Phi) is 7.98. The fraction of sp³-hybridized carbons (Fsp3) is 0.743. The molecule has 39 heavy (non-hydrogen) atoms. The van der Waals surface area contributed by atoms with Gasteiger partial charge in [-0.3, -0.25) is 4.99 Å². The Balaban J connectivity index is 1.16. The molecular weight excluding hydrogens is 480 g/mol. The molecule has 4 atom stereocenters. The normalized spacial score (nSPS) is 38.5. The van der Waals surface area contributed by atoms with Crippen LogP contribution in [0.5, 0.6) is 0 Å². The molecule has 6 rings (SSSR count). The summed E-state index contributed by atoms with van der Waals surface area (Å²) >= 11 is 0. The largest absolute Gasteiger partial charge is 0.388 e. The summed E-state index contributed by atoms with van der Waals surface area (Å²) in [6, 6.07) is 0. The summed E-state index contributed by atoms with van der Waals surface area (Å²) in [5.41, 5.74) is 4.96. The Morgan fingerprint density at radius 2 is 1.51 bits per heavy atom. The van der Waals surface area contributed by atoms with Gasteiger partial charge in [0.25, 0.3) is 0 Å². The summed E-state index contributed by atoms with van der Waals surface area (Å²) in [5.74, 6) is 2.95. The molecule has 4 heteroatoms. The topological polar surface area (TPSA) is 64.9 Å². The van der Waals surface area contributed by atoms with Gasteiger partial charge in [0.2, 0.25) is 0 Å². The van der Waals surface area contributed by atoms with Crippen LogP contribution in [0.3, 0.4) is 0 Å². The van der Waals surface area contributed by atoms with Crippen molar-refractivity contribution >= 4 is 6.21 Å². The van der Waals surface area contributed by atoms with Crippen LogP contribution in [0.25, 0.3) is 0 Å². The number of aliphatic hydroxyl groups excluding tert-OH is 2. The van der Waals surface area contributed by atoms with Crippen LogP contribution >= 0.6 is 0 Å². The summed E-state index contributed by atoms with van der Waals surface area (Å²) in [6.07, 6.45) is 18.2. The van der Waals surface area contributed by atoms with Gasteiger partial charge in [-0.2, -0.15) is 0 Å². The number of rotatable bonds is 7. The van der Waals surface area contributed by atoms with Gasteiger partial charge in [0.05, 0.1) is 18.8 Å². The van der Waals surface area contributed by atoms with Crippen LogP contribution in [-0.4, -0.2) is 48.3 Å². The van der Waals surface area contributed by atoms with Crippen molar-refractivity contribution < 1.29 is 10.2 Å². The van der Waals surface area contributed by atoms with Gasteiger partial charge in [0.1, 0.15) is 0 Å². The summed E-state index contributed by atoms with van der Waals surface area (Å²) in [7, 11) is 0. The smallest absolute Gasteiger partial charge is 0.0872 e. The Morgan fingerprint density at radius 3 is 2.08 bits per heavy atom. The van der Waals surface area contributed by atoms with Crippen molar-refractivity contribution in [1.82, 2.24) is 5.32 Å². The van der Waals surface area contributed by atoms with Crippen LogP contribution in [0.1, 0.15) is 87.0 Å². The molecule has 216 valence electrons. The lowest BCUT2D eigenvalue weighted by atomic mass is 9.45. The fourth-order valence-electron chi connectivity index (χ4n) is 8.92. The second-order valence-corrected chi connectivity index (χ2v) is 15.9. The maximum atomic E-state index is 11.5. The zero-order valence-electron chi connectivity index (χ0n) is 25.6. The van der Waals surface area contributed by atoms with Crippen molar-refractivity contribution in [2.75, 3.05) is 19.6 Å². The van der Waals surface area contributed by atoms with E-state index in [-0.39, 0.29) is 22.7 Å². The van der Waals surface area contributed by atoms with Gasteiger partial charge in [-0.25, -0.2) is 0 Å². The molecule has 6 aliphatic carbocycles. The van der Waals surface area contributed by atoms with Gasteiger partial charge in [-0.05, 0) is 96.2 Å². The number of hydrogen-bond donors (Lipinski definition) is 3. The molecule has 0 aliphatic heterocycles. The summed E-state index contributed by atoms with van der Waals surface area (Å²) in [5, 5.41) is 26.2. The molecule has 0 saturated heterocycles. The van der Waals surface area contributed by atoms with E-state index in [0.29, 0.717) is 12.0 Å². The molecule has 0 amide bonds. The Morgan fingerprint density at radius 1 is 0.897 bits per heavy atom. The molecule has 6 aliphatic rings. The van der Waals surface area contributed by atoms with Crippen molar-refractivity contribution in [2.45, 2.75) is 99.2 Å². The van der Waals surface area contributed by atoms with E-state index in [1.54, 1.807) is 0 Å². The first-order chi connectivity index (χ1) is 18.2. The Labute approximate surface area is 237 Å². The molecule has 0 spiro atoms. The number of nitrogens with zero attached hydrogens (tertiary/aromatic N) is 1. The molecule has 4 fully saturated rings. The lowest BCUT2D eigenvalue weighted by Gasteiger charge is -2.60. The second-order valence-electron chi connectivity index (χ2n) is 15.9. The number of hydrogen-bond acceptors (Lipinski definition) is 4. The van der Waals surface area contributed by atoms with Crippen LogP contribution in [-0.2, 0) is 0 Å². The Bertz CT molecular complexity index is 1040. The maximum absolute atomic E-state index is 11.5. The van der Waals surface area contributed by atoms with Crippen LogP contribution in [0, 0.1) is 45.8 Å². The highest BCUT2D eigenvalue weighted by Gasteiger charge is 2.55. The number of nitrogens with one attached hydrogen (secondary N) is 1. The van der Waals surface area contributed by atoms with E-state index in [1.165, 1.54) is 49.7 Å². The predicted molar refractivity (Wildman–Crippen MR) is 163 cm³/mol. The van der Waals surface area contributed by atoms with Crippen LogP contribution < -0.4 is 5.32 Å². The molecule has 4 unspecified atom stereocenters. The minimum Gasteiger partial charge on any atom is -0.388 e. The van der Waals surface area contributed by atoms with Crippen molar-refractivity contribution in [3.8, 4) is 0 Å². The number of aliphatic hydroxyl groups is 2. The van der Waals surface area contributed by atoms with E-state index < -0.39 is 12.2 Å². The Hall–Kier alpha value is -1.49. The quantitative estimate of drug-likeness (QED) is 0.253. The van der Waals surface area contributed by atoms with E-state index in [1.807, 2.05) is 6.21 Å². The van der Waals surface area contributed by atoms with E-state index in [0.717, 1.165) is 42.0 Å². The number of allylic oxidation sites excluding steroid dienone is 4. The van der Waals surface area contributed by atoms with Gasteiger partial charge in [-0.1, -0.05) is 71.4 Å². The number of aliphatic imine (C=N–C) groups is 1. The van der Waals surface area contributed by atoms with E-state index in [9.17, 15) is 10.2 Å². The fourth-order valence-corrected chi connectivity index (χ4v) is 8.92. The highest BCUT2D eigenvalue weighted by molar-refractivity contribution is 5.81. The minimum absolute atomic E-state index is 0.0499. The zero-order chi connectivity index (χ0) is 28.2. The van der Waals surface area contributed by atoms with Crippen molar-refractivity contribution in [3.63, 3.8) is 0 Å². The highest BCUT2D eigenvalue weighted by Crippen LogP contribution is 2.64. The average molecular weight is 535 g/mol. The third-order valence-corrected chi connectivity index (χ3v) is 10.5. The first-order valence-corrected chi connectivity index (χ1v) is 15.7. The van der Waals surface area contributed by atoms with Gasteiger partial charge >= 0.3 is 0 Å². The van der Waals surface area contributed by atoms with Gasteiger partial charge < -0.3 is 15.5 Å². The second kappa shape index (κ2) is 10.7. The molecular formula is C35H54N2O2. The van der Waals surface area contributed by atoms with Gasteiger partial charge in [0.15, 0.2) is 0 Å². The molecule has 4 saturated carbocycles. The molecule has 0 aromatic carbocycles. The monoisotopic (exact) mass is 534 g/mol. The molecule has 0 heterocycles. The van der Waals surface area contributed by atoms with Gasteiger partial charge in [0, 0.05) is 31.1 Å². The predicted octanol–water partition coefficient (Wildman–Crippen LogP) is 6.66. The lowest BCUT2D eigenvalue weighted by Crippen LogP contribution is -2.52.